The molecule has 0 saturated carbocycles. The van der Waals surface area contributed by atoms with E-state index in [1.807, 2.05) is 0 Å². The lowest BCUT2D eigenvalue weighted by Crippen LogP contribution is -1.96. The first kappa shape index (κ1) is 14.1. The van der Waals surface area contributed by atoms with Gasteiger partial charge in [0.15, 0.2) is 0 Å². The van der Waals surface area contributed by atoms with Crippen LogP contribution in [0.3, 0.4) is 0 Å². The van der Waals surface area contributed by atoms with Crippen LogP contribution in [0.2, 0.25) is 0 Å². The molecule has 0 amide bonds. The number of hydrogen-bond acceptors (Lipinski definition) is 4. The number of phenolic OH excluding ortho intramolecular Hbond substituents is 2. The van der Waals surface area contributed by atoms with Gasteiger partial charge in [-0.1, -0.05) is 6.07 Å². The van der Waals surface area contributed by atoms with Crippen LogP contribution in [-0.4, -0.2) is 24.4 Å². The third kappa shape index (κ3) is 2.79. The van der Waals surface area contributed by atoms with Crippen LogP contribution in [0.4, 0.5) is 0 Å². The van der Waals surface area contributed by atoms with Gasteiger partial charge in [0, 0.05) is 18.6 Å². The van der Waals surface area contributed by atoms with Crippen molar-refractivity contribution in [3.63, 3.8) is 0 Å². The molecule has 0 saturated heterocycles. The highest BCUT2D eigenvalue weighted by Crippen LogP contribution is 2.32. The zero-order valence-electron chi connectivity index (χ0n) is 11.5. The molecule has 4 heteroatoms. The molecule has 0 aliphatic carbocycles. The minimum atomic E-state index is 0.0875. The van der Waals surface area contributed by atoms with E-state index in [1.165, 1.54) is 13.2 Å². The first-order valence-electron chi connectivity index (χ1n) is 6.13. The van der Waals surface area contributed by atoms with Gasteiger partial charge in [0.25, 0.3) is 0 Å². The molecule has 1 radical (unpaired) electrons. The Morgan fingerprint density at radius 1 is 0.950 bits per heavy atom. The van der Waals surface area contributed by atoms with Crippen LogP contribution < -0.4 is 9.47 Å². The molecule has 0 aliphatic heterocycles. The second-order valence-electron chi connectivity index (χ2n) is 4.46. The molecule has 0 fully saturated rings. The predicted octanol–water partition coefficient (Wildman–Crippen LogP) is 2.89. The molecule has 0 aliphatic rings. The quantitative estimate of drug-likeness (QED) is 0.899. The maximum Gasteiger partial charge on any atom is 0.126 e. The van der Waals surface area contributed by atoms with Crippen molar-refractivity contribution >= 4 is 0 Å². The van der Waals surface area contributed by atoms with Gasteiger partial charge in [-0.2, -0.15) is 0 Å². The SMILES string of the molecule is [CH2]c1cc(Cc2ccc(OC)cc2O)c(OC)cc1O. The first-order chi connectivity index (χ1) is 9.55. The average molecular weight is 273 g/mol. The van der Waals surface area contributed by atoms with Crippen LogP contribution >= 0.6 is 0 Å². The number of hydrogen-bond donors (Lipinski definition) is 2. The normalized spacial score (nSPS) is 10.3. The molecule has 0 heterocycles. The Hall–Kier alpha value is -2.36. The Morgan fingerprint density at radius 3 is 2.30 bits per heavy atom. The highest BCUT2D eigenvalue weighted by Gasteiger charge is 2.11. The number of benzene rings is 2. The molecule has 0 spiro atoms. The molecular formula is C16H17O4. The third-order valence-corrected chi connectivity index (χ3v) is 3.16. The number of methoxy groups -OCH3 is 2. The largest absolute Gasteiger partial charge is 0.508 e. The maximum atomic E-state index is 9.99. The zero-order chi connectivity index (χ0) is 14.7. The summed E-state index contributed by atoms with van der Waals surface area (Å²) in [6.45, 7) is 3.76. The monoisotopic (exact) mass is 273 g/mol. The van der Waals surface area contributed by atoms with Crippen LogP contribution in [0, 0.1) is 6.92 Å². The van der Waals surface area contributed by atoms with E-state index in [0.717, 1.165) is 11.1 Å². The molecular weight excluding hydrogens is 256 g/mol. The Morgan fingerprint density at radius 2 is 1.70 bits per heavy atom. The van der Waals surface area contributed by atoms with Gasteiger partial charge in [-0.15, -0.1) is 0 Å². The summed E-state index contributed by atoms with van der Waals surface area (Å²) in [5.74, 6) is 1.40. The van der Waals surface area contributed by atoms with Crippen molar-refractivity contribution in [2.45, 2.75) is 6.42 Å². The van der Waals surface area contributed by atoms with Gasteiger partial charge in [0.05, 0.1) is 14.2 Å². The van der Waals surface area contributed by atoms with E-state index in [0.29, 0.717) is 23.5 Å². The highest BCUT2D eigenvalue weighted by molar-refractivity contribution is 5.50. The summed E-state index contributed by atoms with van der Waals surface area (Å²) < 4.78 is 10.3. The smallest absolute Gasteiger partial charge is 0.126 e. The Bertz CT molecular complexity index is 620. The summed E-state index contributed by atoms with van der Waals surface area (Å²) in [5, 5.41) is 19.6. The summed E-state index contributed by atoms with van der Waals surface area (Å²) >= 11 is 0. The van der Waals surface area contributed by atoms with Crippen LogP contribution in [0.5, 0.6) is 23.0 Å². The molecule has 0 atom stereocenters. The minimum absolute atomic E-state index is 0.0875. The van der Waals surface area contributed by atoms with E-state index in [4.69, 9.17) is 9.47 Å². The lowest BCUT2D eigenvalue weighted by molar-refractivity contribution is 0.401. The fourth-order valence-electron chi connectivity index (χ4n) is 2.02. The molecule has 2 N–H and O–H groups in total. The molecule has 2 aromatic rings. The predicted molar refractivity (Wildman–Crippen MR) is 76.6 cm³/mol. The molecule has 0 bridgehead atoms. The molecule has 4 nitrogen and oxygen atoms in total. The lowest BCUT2D eigenvalue weighted by atomic mass is 10.0. The van der Waals surface area contributed by atoms with Gasteiger partial charge in [-0.25, -0.2) is 0 Å². The summed E-state index contributed by atoms with van der Waals surface area (Å²) in [5.41, 5.74) is 2.11. The van der Waals surface area contributed by atoms with Gasteiger partial charge in [-0.3, -0.25) is 0 Å². The molecule has 0 unspecified atom stereocenters. The van der Waals surface area contributed by atoms with Crippen LogP contribution in [0.1, 0.15) is 16.7 Å². The van der Waals surface area contributed by atoms with Gasteiger partial charge >= 0.3 is 0 Å². The summed E-state index contributed by atoms with van der Waals surface area (Å²) in [7, 11) is 3.08. The van der Waals surface area contributed by atoms with Crippen molar-refractivity contribution in [1.82, 2.24) is 0 Å². The fraction of sp³-hybridized carbons (Fsp3) is 0.188. The van der Waals surface area contributed by atoms with E-state index in [1.54, 1.807) is 31.4 Å². The zero-order valence-corrected chi connectivity index (χ0v) is 11.5. The summed E-state index contributed by atoms with van der Waals surface area (Å²) in [4.78, 5) is 0. The van der Waals surface area contributed by atoms with E-state index in [2.05, 4.69) is 6.92 Å². The Labute approximate surface area is 118 Å². The van der Waals surface area contributed by atoms with Gasteiger partial charge in [0.2, 0.25) is 0 Å². The number of rotatable bonds is 4. The van der Waals surface area contributed by atoms with Crippen molar-refractivity contribution in [2.75, 3.05) is 14.2 Å². The molecule has 2 aromatic carbocycles. The van der Waals surface area contributed by atoms with E-state index in [9.17, 15) is 10.2 Å². The minimum Gasteiger partial charge on any atom is -0.508 e. The second kappa shape index (κ2) is 5.74. The molecule has 0 aromatic heterocycles. The van der Waals surface area contributed by atoms with Crippen molar-refractivity contribution in [2.24, 2.45) is 0 Å². The maximum absolute atomic E-state index is 9.99. The van der Waals surface area contributed by atoms with Gasteiger partial charge in [0.1, 0.15) is 23.0 Å². The topological polar surface area (TPSA) is 58.9 Å². The number of phenols is 2. The van der Waals surface area contributed by atoms with Crippen molar-refractivity contribution in [3.8, 4) is 23.0 Å². The Balaban J connectivity index is 2.36. The Kier molecular flexibility index (Phi) is 4.03. The van der Waals surface area contributed by atoms with Gasteiger partial charge in [-0.05, 0) is 35.7 Å². The van der Waals surface area contributed by atoms with Crippen molar-refractivity contribution in [1.29, 1.82) is 0 Å². The van der Waals surface area contributed by atoms with E-state index in [-0.39, 0.29) is 11.5 Å². The fourth-order valence-corrected chi connectivity index (χ4v) is 2.02. The number of ether oxygens (including phenoxy) is 2. The van der Waals surface area contributed by atoms with Crippen LogP contribution in [0.15, 0.2) is 30.3 Å². The van der Waals surface area contributed by atoms with E-state index >= 15 is 0 Å². The third-order valence-electron chi connectivity index (χ3n) is 3.16. The first-order valence-corrected chi connectivity index (χ1v) is 6.13. The van der Waals surface area contributed by atoms with Crippen LogP contribution in [-0.2, 0) is 6.42 Å². The van der Waals surface area contributed by atoms with Gasteiger partial charge < -0.3 is 19.7 Å². The summed E-state index contributed by atoms with van der Waals surface area (Å²) in [6.07, 6.45) is 0.474. The molecule has 2 rings (SSSR count). The van der Waals surface area contributed by atoms with Crippen LogP contribution in [0.25, 0.3) is 0 Å². The second-order valence-corrected chi connectivity index (χ2v) is 4.46. The standard InChI is InChI=1S/C16H17O4/c1-10-6-12(16(20-3)9-14(10)17)7-11-4-5-13(19-2)8-15(11)18/h4-6,8-9,17-18H,1,7H2,2-3H3. The lowest BCUT2D eigenvalue weighted by Gasteiger charge is -2.12. The van der Waals surface area contributed by atoms with E-state index < -0.39 is 0 Å². The highest BCUT2D eigenvalue weighted by atomic mass is 16.5. The van der Waals surface area contributed by atoms with Crippen molar-refractivity contribution < 1.29 is 19.7 Å². The molecule has 20 heavy (non-hydrogen) atoms. The number of aromatic hydroxyl groups is 2. The average Bonchev–Trinajstić information content (AvgIpc) is 2.44. The molecule has 105 valence electrons. The van der Waals surface area contributed by atoms with Crippen molar-refractivity contribution in [3.05, 3.63) is 53.9 Å². The summed E-state index contributed by atoms with van der Waals surface area (Å²) in [6, 6.07) is 8.42.